The molecule has 1 rings (SSSR count). The zero-order valence-corrected chi connectivity index (χ0v) is 10.1. The van der Waals surface area contributed by atoms with E-state index < -0.39 is 5.97 Å². The number of carbonyl (C=O) groups is 2. The molecule has 96 valence electrons. The number of hydrogen-bond donors (Lipinski definition) is 2. The van der Waals surface area contributed by atoms with Crippen LogP contribution >= 0.6 is 0 Å². The van der Waals surface area contributed by atoms with E-state index in [1.54, 1.807) is 13.1 Å². The zero-order valence-electron chi connectivity index (χ0n) is 10.1. The van der Waals surface area contributed by atoms with Crippen molar-refractivity contribution >= 4 is 17.7 Å². The second-order valence-electron chi connectivity index (χ2n) is 3.67. The predicted octanol–water partition coefficient (Wildman–Crippen LogP) is 1.82. The van der Waals surface area contributed by atoms with Gasteiger partial charge in [-0.25, -0.2) is 14.6 Å². The Kier molecular flexibility index (Phi) is 4.86. The Labute approximate surface area is 105 Å². The summed E-state index contributed by atoms with van der Waals surface area (Å²) in [4.78, 5) is 27.5. The van der Waals surface area contributed by atoms with Crippen LogP contribution in [0, 0.1) is 0 Å². The Morgan fingerprint density at radius 2 is 2.28 bits per heavy atom. The highest BCUT2D eigenvalue weighted by molar-refractivity contribution is 5.90. The Hall–Kier alpha value is -2.37. The molecule has 2 N–H and O–H groups in total. The molecule has 0 aliphatic carbocycles. The van der Waals surface area contributed by atoms with Crippen molar-refractivity contribution < 1.29 is 14.7 Å². The van der Waals surface area contributed by atoms with Crippen LogP contribution in [-0.4, -0.2) is 40.6 Å². The average molecular weight is 249 g/mol. The first-order chi connectivity index (χ1) is 8.54. The normalized spacial score (nSPS) is 9.61. The summed E-state index contributed by atoms with van der Waals surface area (Å²) in [5, 5.41) is 11.3. The second kappa shape index (κ2) is 6.39. The Morgan fingerprint density at radius 1 is 1.56 bits per heavy atom. The number of hydrogen-bond acceptors (Lipinski definition) is 3. The molecule has 0 saturated carbocycles. The lowest BCUT2D eigenvalue weighted by Gasteiger charge is -2.16. The number of anilines is 1. The van der Waals surface area contributed by atoms with Crippen LogP contribution in [0.2, 0.25) is 0 Å². The molecule has 0 saturated heterocycles. The molecule has 6 heteroatoms. The van der Waals surface area contributed by atoms with Gasteiger partial charge in [0.1, 0.15) is 5.69 Å². The quantitative estimate of drug-likeness (QED) is 0.780. The first kappa shape index (κ1) is 13.7. The number of pyridine rings is 1. The molecule has 0 spiro atoms. The van der Waals surface area contributed by atoms with Crippen LogP contribution in [-0.2, 0) is 0 Å². The second-order valence-corrected chi connectivity index (χ2v) is 3.67. The molecule has 0 radical (unpaired) electrons. The molecule has 6 nitrogen and oxygen atoms in total. The monoisotopic (exact) mass is 249 g/mol. The van der Waals surface area contributed by atoms with Gasteiger partial charge in [0.15, 0.2) is 0 Å². The van der Waals surface area contributed by atoms with Gasteiger partial charge in [-0.3, -0.25) is 0 Å². The van der Waals surface area contributed by atoms with E-state index in [2.05, 4.69) is 16.9 Å². The average Bonchev–Trinajstić information content (AvgIpc) is 2.36. The fourth-order valence-corrected chi connectivity index (χ4v) is 1.20. The molecule has 0 unspecified atom stereocenters. The molecular formula is C12H15N3O3. The summed E-state index contributed by atoms with van der Waals surface area (Å²) in [7, 11) is 1.66. The smallest absolute Gasteiger partial charge is 0.354 e. The van der Waals surface area contributed by atoms with Crippen LogP contribution < -0.4 is 5.32 Å². The highest BCUT2D eigenvalue weighted by Gasteiger charge is 2.09. The van der Waals surface area contributed by atoms with Crippen molar-refractivity contribution in [2.24, 2.45) is 0 Å². The number of nitrogens with zero attached hydrogens (tertiary/aromatic N) is 2. The molecule has 0 atom stereocenters. The van der Waals surface area contributed by atoms with E-state index in [1.807, 2.05) is 0 Å². The van der Waals surface area contributed by atoms with E-state index in [4.69, 9.17) is 5.11 Å². The molecule has 0 aliphatic rings. The number of aromatic nitrogens is 1. The van der Waals surface area contributed by atoms with E-state index in [1.165, 1.54) is 23.2 Å². The highest BCUT2D eigenvalue weighted by atomic mass is 16.4. The summed E-state index contributed by atoms with van der Waals surface area (Å²) in [6.07, 6.45) is 3.75. The fraction of sp³-hybridized carbons (Fsp3) is 0.250. The Balaban J connectivity index is 2.59. The van der Waals surface area contributed by atoms with Crippen molar-refractivity contribution in [3.63, 3.8) is 0 Å². The standard InChI is InChI=1S/C12H15N3O3/c1-3-4-7-15(2)12(18)14-9-5-6-10(11(16)17)13-8-9/h3,5-6,8H,1,4,7H2,2H3,(H,14,18)(H,16,17). The van der Waals surface area contributed by atoms with E-state index in [9.17, 15) is 9.59 Å². The number of amides is 2. The van der Waals surface area contributed by atoms with E-state index >= 15 is 0 Å². The summed E-state index contributed by atoms with van der Waals surface area (Å²) >= 11 is 0. The third-order valence-corrected chi connectivity index (χ3v) is 2.25. The number of rotatable bonds is 5. The molecule has 2 amide bonds. The van der Waals surface area contributed by atoms with Crippen molar-refractivity contribution in [2.45, 2.75) is 6.42 Å². The van der Waals surface area contributed by atoms with Gasteiger partial charge in [-0.2, -0.15) is 0 Å². The molecular weight excluding hydrogens is 234 g/mol. The van der Waals surface area contributed by atoms with Crippen molar-refractivity contribution in [1.82, 2.24) is 9.88 Å². The molecule has 1 heterocycles. The van der Waals surface area contributed by atoms with Gasteiger partial charge in [0.2, 0.25) is 0 Å². The molecule has 1 aromatic heterocycles. The maximum Gasteiger partial charge on any atom is 0.354 e. The summed E-state index contributed by atoms with van der Waals surface area (Å²) in [6, 6.07) is 2.55. The van der Waals surface area contributed by atoms with Crippen LogP contribution in [0.5, 0.6) is 0 Å². The summed E-state index contributed by atoms with van der Waals surface area (Å²) in [5.74, 6) is -1.10. The molecule has 18 heavy (non-hydrogen) atoms. The van der Waals surface area contributed by atoms with Crippen LogP contribution in [0.15, 0.2) is 31.0 Å². The highest BCUT2D eigenvalue weighted by Crippen LogP contribution is 2.07. The molecule has 0 aliphatic heterocycles. The maximum atomic E-state index is 11.7. The Bertz CT molecular complexity index is 442. The summed E-state index contributed by atoms with van der Waals surface area (Å²) in [5.41, 5.74) is 0.392. The van der Waals surface area contributed by atoms with Gasteiger partial charge in [0, 0.05) is 13.6 Å². The number of carboxylic acid groups (broad SMARTS) is 1. The van der Waals surface area contributed by atoms with Gasteiger partial charge in [0.05, 0.1) is 11.9 Å². The lowest BCUT2D eigenvalue weighted by Crippen LogP contribution is -2.32. The summed E-state index contributed by atoms with van der Waals surface area (Å²) < 4.78 is 0. The lowest BCUT2D eigenvalue weighted by atomic mass is 10.3. The third kappa shape index (κ3) is 3.89. The van der Waals surface area contributed by atoms with E-state index in [0.717, 1.165) is 0 Å². The number of carboxylic acids is 1. The minimum Gasteiger partial charge on any atom is -0.477 e. The third-order valence-electron chi connectivity index (χ3n) is 2.25. The molecule has 1 aromatic rings. The SMILES string of the molecule is C=CCCN(C)C(=O)Nc1ccc(C(=O)O)nc1. The fourth-order valence-electron chi connectivity index (χ4n) is 1.20. The van der Waals surface area contributed by atoms with Gasteiger partial charge in [-0.15, -0.1) is 6.58 Å². The maximum absolute atomic E-state index is 11.7. The first-order valence-electron chi connectivity index (χ1n) is 5.37. The van der Waals surface area contributed by atoms with E-state index in [0.29, 0.717) is 18.7 Å². The number of nitrogens with one attached hydrogen (secondary N) is 1. The molecule has 0 aromatic carbocycles. The van der Waals surface area contributed by atoms with Crippen LogP contribution in [0.3, 0.4) is 0 Å². The number of carbonyl (C=O) groups excluding carboxylic acids is 1. The van der Waals surface area contributed by atoms with Gasteiger partial charge in [0.25, 0.3) is 0 Å². The van der Waals surface area contributed by atoms with Gasteiger partial charge in [-0.05, 0) is 18.6 Å². The summed E-state index contributed by atoms with van der Waals surface area (Å²) in [6.45, 7) is 4.14. The van der Waals surface area contributed by atoms with E-state index in [-0.39, 0.29) is 11.7 Å². The predicted molar refractivity (Wildman–Crippen MR) is 67.7 cm³/mol. The molecule has 0 bridgehead atoms. The van der Waals surface area contributed by atoms with Crippen molar-refractivity contribution in [3.05, 3.63) is 36.7 Å². The van der Waals surface area contributed by atoms with Gasteiger partial charge >= 0.3 is 12.0 Å². The minimum atomic E-state index is -1.10. The Morgan fingerprint density at radius 3 is 2.78 bits per heavy atom. The largest absolute Gasteiger partial charge is 0.477 e. The minimum absolute atomic E-state index is 0.0620. The number of urea groups is 1. The number of aromatic carboxylic acids is 1. The van der Waals surface area contributed by atoms with Crippen LogP contribution in [0.1, 0.15) is 16.9 Å². The van der Waals surface area contributed by atoms with Crippen molar-refractivity contribution in [2.75, 3.05) is 18.9 Å². The van der Waals surface area contributed by atoms with Crippen LogP contribution in [0.4, 0.5) is 10.5 Å². The zero-order chi connectivity index (χ0) is 13.5. The molecule has 0 fully saturated rings. The lowest BCUT2D eigenvalue weighted by molar-refractivity contribution is 0.0690. The first-order valence-corrected chi connectivity index (χ1v) is 5.37. The van der Waals surface area contributed by atoms with Gasteiger partial charge < -0.3 is 15.3 Å². The van der Waals surface area contributed by atoms with Crippen molar-refractivity contribution in [1.29, 1.82) is 0 Å². The topological polar surface area (TPSA) is 82.5 Å². The van der Waals surface area contributed by atoms with Crippen LogP contribution in [0.25, 0.3) is 0 Å². The van der Waals surface area contributed by atoms with Gasteiger partial charge in [-0.1, -0.05) is 6.08 Å². The van der Waals surface area contributed by atoms with Crippen molar-refractivity contribution in [3.8, 4) is 0 Å².